The van der Waals surface area contributed by atoms with Crippen molar-refractivity contribution in [3.05, 3.63) is 11.5 Å². The van der Waals surface area contributed by atoms with Crippen LogP contribution in [0.4, 0.5) is 0 Å². The number of sulfonamides is 1. The lowest BCUT2D eigenvalue weighted by molar-refractivity contribution is -0.127. The quantitative estimate of drug-likeness (QED) is 0.641. The van der Waals surface area contributed by atoms with Crippen molar-refractivity contribution in [2.24, 2.45) is 5.92 Å². The highest BCUT2D eigenvalue weighted by molar-refractivity contribution is 7.89. The molecule has 1 saturated carbocycles. The number of piperidine rings is 1. The number of nitrogens with zero attached hydrogens (tertiary/aromatic N) is 1. The van der Waals surface area contributed by atoms with E-state index in [1.165, 1.54) is 0 Å². The molecule has 0 spiro atoms. The number of carbonyl (C=O) groups excluding carboxylic acids is 1. The van der Waals surface area contributed by atoms with E-state index < -0.39 is 15.6 Å². The lowest BCUT2D eigenvalue weighted by atomic mass is 9.96. The molecule has 1 aliphatic heterocycles. The summed E-state index contributed by atoms with van der Waals surface area (Å²) in [4.78, 5) is 13.0. The molecule has 2 aliphatic rings. The third kappa shape index (κ3) is 4.82. The topological polar surface area (TPSA) is 113 Å². The van der Waals surface area contributed by atoms with Crippen molar-refractivity contribution < 1.29 is 17.7 Å². The van der Waals surface area contributed by atoms with Crippen LogP contribution >= 0.6 is 12.4 Å². The van der Waals surface area contributed by atoms with E-state index in [4.69, 9.17) is 4.52 Å². The zero-order valence-corrected chi connectivity index (χ0v) is 17.5. The Morgan fingerprint density at radius 2 is 2.00 bits per heavy atom. The number of amides is 1. The van der Waals surface area contributed by atoms with Crippen molar-refractivity contribution in [1.29, 1.82) is 0 Å². The Morgan fingerprint density at radius 1 is 1.30 bits per heavy atom. The van der Waals surface area contributed by atoms with Gasteiger partial charge in [0.2, 0.25) is 15.9 Å². The maximum Gasteiger partial charge on any atom is 0.246 e. The fraction of sp³-hybridized carbons (Fsp3) is 0.765. The molecule has 3 rings (SSSR count). The molecule has 1 atom stereocenters. The van der Waals surface area contributed by atoms with Gasteiger partial charge >= 0.3 is 0 Å². The Morgan fingerprint density at radius 3 is 2.56 bits per heavy atom. The average molecular weight is 421 g/mol. The number of nitrogens with one attached hydrogen (secondary N) is 3. The minimum absolute atomic E-state index is 0. The van der Waals surface area contributed by atoms with E-state index in [1.54, 1.807) is 13.8 Å². The highest BCUT2D eigenvalue weighted by Gasteiger charge is 2.45. The van der Waals surface area contributed by atoms with Gasteiger partial charge in [-0.3, -0.25) is 4.79 Å². The minimum atomic E-state index is -3.89. The van der Waals surface area contributed by atoms with Crippen LogP contribution in [0.25, 0.3) is 0 Å². The molecule has 1 aromatic heterocycles. The summed E-state index contributed by atoms with van der Waals surface area (Å²) in [5, 5.41) is 10.0. The van der Waals surface area contributed by atoms with E-state index in [1.807, 2.05) is 0 Å². The third-order valence-corrected chi connectivity index (χ3v) is 7.19. The van der Waals surface area contributed by atoms with Crippen molar-refractivity contribution in [1.82, 2.24) is 20.5 Å². The number of hydrogen-bond donors (Lipinski definition) is 3. The highest BCUT2D eigenvalue weighted by atomic mass is 35.5. The molecule has 1 saturated heterocycles. The van der Waals surface area contributed by atoms with Gasteiger partial charge in [-0.25, -0.2) is 8.42 Å². The first-order valence-electron chi connectivity index (χ1n) is 9.30. The summed E-state index contributed by atoms with van der Waals surface area (Å²) in [6.07, 6.45) is 4.83. The van der Waals surface area contributed by atoms with Gasteiger partial charge in [0.25, 0.3) is 0 Å². The molecular weight excluding hydrogens is 392 g/mol. The summed E-state index contributed by atoms with van der Waals surface area (Å²) in [5.74, 6) is 0.401. The molecule has 154 valence electrons. The summed E-state index contributed by atoms with van der Waals surface area (Å²) >= 11 is 0. The van der Waals surface area contributed by atoms with Crippen molar-refractivity contribution in [2.45, 2.75) is 62.8 Å². The molecule has 10 heteroatoms. The number of rotatable bonds is 6. The summed E-state index contributed by atoms with van der Waals surface area (Å²) < 4.78 is 33.5. The molecule has 27 heavy (non-hydrogen) atoms. The summed E-state index contributed by atoms with van der Waals surface area (Å²) in [7, 11) is -3.89. The van der Waals surface area contributed by atoms with Crippen LogP contribution in [0, 0.1) is 19.8 Å². The van der Waals surface area contributed by atoms with Crippen molar-refractivity contribution in [3.63, 3.8) is 0 Å². The molecule has 0 bridgehead atoms. The molecule has 0 aromatic carbocycles. The zero-order valence-electron chi connectivity index (χ0n) is 15.8. The Balaban J connectivity index is 0.00000261. The third-order valence-electron chi connectivity index (χ3n) is 5.41. The second-order valence-corrected chi connectivity index (χ2v) is 9.09. The second-order valence-electron chi connectivity index (χ2n) is 7.47. The van der Waals surface area contributed by atoms with Gasteiger partial charge in [0.05, 0.1) is 0 Å². The summed E-state index contributed by atoms with van der Waals surface area (Å²) in [6, 6.07) is 0. The van der Waals surface area contributed by atoms with E-state index in [2.05, 4.69) is 20.5 Å². The highest BCUT2D eigenvalue weighted by Crippen LogP contribution is 2.32. The van der Waals surface area contributed by atoms with Gasteiger partial charge in [0, 0.05) is 6.54 Å². The van der Waals surface area contributed by atoms with E-state index >= 15 is 0 Å². The smallest absolute Gasteiger partial charge is 0.246 e. The number of aryl methyl sites for hydroxylation is 2. The van der Waals surface area contributed by atoms with Gasteiger partial charge in [0.1, 0.15) is 16.1 Å². The lowest BCUT2D eigenvalue weighted by Gasteiger charge is -2.30. The van der Waals surface area contributed by atoms with Crippen LogP contribution in [0.15, 0.2) is 9.42 Å². The van der Waals surface area contributed by atoms with Crippen LogP contribution in [-0.2, 0) is 14.8 Å². The maximum absolute atomic E-state index is 12.9. The molecule has 1 aromatic rings. The monoisotopic (exact) mass is 420 g/mol. The SMILES string of the molecule is Cc1noc(C)c1S(=O)(=O)NC1(C(=O)NCC2CCCNC2)CCCC1.Cl. The van der Waals surface area contributed by atoms with E-state index in [9.17, 15) is 13.2 Å². The summed E-state index contributed by atoms with van der Waals surface area (Å²) in [5.41, 5.74) is -0.784. The van der Waals surface area contributed by atoms with E-state index in [-0.39, 0.29) is 29.0 Å². The largest absolute Gasteiger partial charge is 0.360 e. The molecular formula is C17H29ClN4O4S. The fourth-order valence-electron chi connectivity index (χ4n) is 4.02. The van der Waals surface area contributed by atoms with Crippen molar-refractivity contribution in [2.75, 3.05) is 19.6 Å². The Hall–Kier alpha value is -1.16. The van der Waals surface area contributed by atoms with E-state index in [0.717, 1.165) is 38.8 Å². The Labute approximate surface area is 166 Å². The standard InChI is InChI=1S/C17H28N4O4S.ClH/c1-12-15(13(2)25-20-12)26(23,24)21-17(7-3-4-8-17)16(22)19-11-14-6-5-9-18-10-14;/h14,18,21H,3-11H2,1-2H3,(H,19,22);1H. The van der Waals surface area contributed by atoms with Gasteiger partial charge < -0.3 is 15.2 Å². The van der Waals surface area contributed by atoms with Crippen molar-refractivity contribution >= 4 is 28.3 Å². The zero-order chi connectivity index (χ0) is 18.8. The van der Waals surface area contributed by atoms with Crippen LogP contribution < -0.4 is 15.4 Å². The lowest BCUT2D eigenvalue weighted by Crippen LogP contribution is -2.58. The van der Waals surface area contributed by atoms with Crippen LogP contribution in [0.3, 0.4) is 0 Å². The first kappa shape index (κ1) is 22.1. The molecule has 3 N–H and O–H groups in total. The molecule has 1 unspecified atom stereocenters. The number of halogens is 1. The van der Waals surface area contributed by atoms with Gasteiger partial charge in [-0.2, -0.15) is 4.72 Å². The second kappa shape index (κ2) is 8.89. The van der Waals surface area contributed by atoms with Gasteiger partial charge in [-0.1, -0.05) is 18.0 Å². The Bertz CT molecular complexity index is 733. The Kier molecular flexibility index (Phi) is 7.29. The molecule has 1 amide bonds. The minimum Gasteiger partial charge on any atom is -0.360 e. The van der Waals surface area contributed by atoms with Crippen LogP contribution in [-0.4, -0.2) is 44.7 Å². The van der Waals surface area contributed by atoms with Crippen LogP contribution in [0.2, 0.25) is 0 Å². The van der Waals surface area contributed by atoms with Gasteiger partial charge in [-0.15, -0.1) is 12.4 Å². The van der Waals surface area contributed by atoms with Gasteiger partial charge in [0.15, 0.2) is 5.76 Å². The number of hydrogen-bond acceptors (Lipinski definition) is 6. The maximum atomic E-state index is 12.9. The molecule has 2 heterocycles. The summed E-state index contributed by atoms with van der Waals surface area (Å²) in [6.45, 7) is 5.62. The first-order chi connectivity index (χ1) is 12.3. The van der Waals surface area contributed by atoms with Crippen LogP contribution in [0.1, 0.15) is 50.0 Å². The molecule has 0 radical (unpaired) electrons. The average Bonchev–Trinajstić information content (AvgIpc) is 3.20. The van der Waals surface area contributed by atoms with Crippen molar-refractivity contribution in [3.8, 4) is 0 Å². The number of carbonyl (C=O) groups is 1. The normalized spacial score (nSPS) is 22.2. The molecule has 1 aliphatic carbocycles. The molecule has 8 nitrogen and oxygen atoms in total. The fourth-order valence-corrected chi connectivity index (χ4v) is 5.78. The first-order valence-corrected chi connectivity index (χ1v) is 10.8. The molecule has 2 fully saturated rings. The predicted molar refractivity (Wildman–Crippen MR) is 103 cm³/mol. The van der Waals surface area contributed by atoms with Crippen LogP contribution in [0.5, 0.6) is 0 Å². The number of aromatic nitrogens is 1. The predicted octanol–water partition coefficient (Wildman–Crippen LogP) is 1.42. The van der Waals surface area contributed by atoms with Gasteiger partial charge in [-0.05, 0) is 58.5 Å². The van der Waals surface area contributed by atoms with E-state index in [0.29, 0.717) is 31.0 Å².